The SMILES string of the molecule is N#Cc1ccc(NC(=O)Cn2nc(C3=CCC(F)(F)CC3)ccc2=O)cc1. The van der Waals surface area contributed by atoms with E-state index in [0.717, 1.165) is 4.68 Å². The zero-order valence-corrected chi connectivity index (χ0v) is 14.3. The zero-order valence-electron chi connectivity index (χ0n) is 14.3. The lowest BCUT2D eigenvalue weighted by molar-refractivity contribution is -0.117. The van der Waals surface area contributed by atoms with Gasteiger partial charge in [-0.25, -0.2) is 13.5 Å². The van der Waals surface area contributed by atoms with Crippen LogP contribution in [0.4, 0.5) is 14.5 Å². The lowest BCUT2D eigenvalue weighted by Gasteiger charge is -2.21. The van der Waals surface area contributed by atoms with Gasteiger partial charge in [0.25, 0.3) is 11.5 Å². The third-order valence-corrected chi connectivity index (χ3v) is 4.19. The third kappa shape index (κ3) is 4.64. The second-order valence-corrected chi connectivity index (χ2v) is 6.24. The summed E-state index contributed by atoms with van der Waals surface area (Å²) in [5.41, 5.74) is 1.54. The van der Waals surface area contributed by atoms with Gasteiger partial charge in [-0.05, 0) is 42.3 Å². The highest BCUT2D eigenvalue weighted by Crippen LogP contribution is 2.35. The van der Waals surface area contributed by atoms with Crippen molar-refractivity contribution < 1.29 is 13.6 Å². The second kappa shape index (κ2) is 7.50. The summed E-state index contributed by atoms with van der Waals surface area (Å²) in [6, 6.07) is 11.0. The fourth-order valence-electron chi connectivity index (χ4n) is 2.72. The summed E-state index contributed by atoms with van der Waals surface area (Å²) in [6.07, 6.45) is 0.967. The molecule has 0 spiro atoms. The Morgan fingerprint density at radius 2 is 2.00 bits per heavy atom. The van der Waals surface area contributed by atoms with Crippen molar-refractivity contribution >= 4 is 17.2 Å². The quantitative estimate of drug-likeness (QED) is 0.896. The highest BCUT2D eigenvalue weighted by molar-refractivity contribution is 5.90. The van der Waals surface area contributed by atoms with Crippen LogP contribution in [0.15, 0.2) is 47.3 Å². The molecule has 27 heavy (non-hydrogen) atoms. The number of aromatic nitrogens is 2. The van der Waals surface area contributed by atoms with Crippen LogP contribution in [0, 0.1) is 11.3 Å². The number of allylic oxidation sites excluding steroid dienone is 2. The number of nitrogens with zero attached hydrogens (tertiary/aromatic N) is 3. The normalized spacial score (nSPS) is 15.5. The molecule has 6 nitrogen and oxygen atoms in total. The van der Waals surface area contributed by atoms with Gasteiger partial charge in [0.2, 0.25) is 5.91 Å². The molecule has 8 heteroatoms. The molecule has 0 atom stereocenters. The fourth-order valence-corrected chi connectivity index (χ4v) is 2.72. The molecule has 138 valence electrons. The molecule has 1 aromatic carbocycles. The number of rotatable bonds is 4. The number of carbonyl (C=O) groups excluding carboxylic acids is 1. The summed E-state index contributed by atoms with van der Waals surface area (Å²) in [5.74, 6) is -3.17. The van der Waals surface area contributed by atoms with Gasteiger partial charge in [0.15, 0.2) is 0 Å². The molecule has 2 aromatic rings. The van der Waals surface area contributed by atoms with E-state index in [4.69, 9.17) is 5.26 Å². The van der Waals surface area contributed by atoms with Crippen LogP contribution in [0.5, 0.6) is 0 Å². The van der Waals surface area contributed by atoms with Gasteiger partial charge in [-0.1, -0.05) is 6.08 Å². The van der Waals surface area contributed by atoms with E-state index < -0.39 is 17.4 Å². The number of hydrogen-bond acceptors (Lipinski definition) is 4. The Balaban J connectivity index is 1.73. The molecular formula is C19H16F2N4O2. The van der Waals surface area contributed by atoms with Crippen molar-refractivity contribution in [2.45, 2.75) is 31.7 Å². The molecule has 0 radical (unpaired) electrons. The molecule has 0 saturated heterocycles. The van der Waals surface area contributed by atoms with E-state index in [1.54, 1.807) is 24.3 Å². The molecule has 1 aliphatic carbocycles. The smallest absolute Gasteiger partial charge is 0.267 e. The number of halogens is 2. The maximum atomic E-state index is 13.3. The molecule has 1 amide bonds. The predicted molar refractivity (Wildman–Crippen MR) is 95.1 cm³/mol. The molecule has 3 rings (SSSR count). The molecular weight excluding hydrogens is 354 g/mol. The van der Waals surface area contributed by atoms with Gasteiger partial charge < -0.3 is 5.32 Å². The maximum Gasteiger partial charge on any atom is 0.267 e. The Kier molecular flexibility index (Phi) is 5.12. The Morgan fingerprint density at radius 3 is 2.63 bits per heavy atom. The Bertz CT molecular complexity index is 988. The van der Waals surface area contributed by atoms with Crippen LogP contribution >= 0.6 is 0 Å². The number of nitriles is 1. The predicted octanol–water partition coefficient (Wildman–Crippen LogP) is 2.96. The van der Waals surface area contributed by atoms with Crippen molar-refractivity contribution in [2.24, 2.45) is 0 Å². The second-order valence-electron chi connectivity index (χ2n) is 6.24. The lowest BCUT2D eigenvalue weighted by atomic mass is 9.94. The van der Waals surface area contributed by atoms with Gasteiger partial charge in [-0.3, -0.25) is 9.59 Å². The first kappa shape index (κ1) is 18.5. The average molecular weight is 370 g/mol. The topological polar surface area (TPSA) is 87.8 Å². The van der Waals surface area contributed by atoms with E-state index in [0.29, 0.717) is 22.5 Å². The van der Waals surface area contributed by atoms with Crippen molar-refractivity contribution in [2.75, 3.05) is 5.32 Å². The Labute approximate surface area is 153 Å². The van der Waals surface area contributed by atoms with Gasteiger partial charge in [0.1, 0.15) is 6.54 Å². The first-order valence-corrected chi connectivity index (χ1v) is 8.32. The van der Waals surface area contributed by atoms with Gasteiger partial charge >= 0.3 is 0 Å². The molecule has 0 saturated carbocycles. The summed E-state index contributed by atoms with van der Waals surface area (Å²) in [4.78, 5) is 24.1. The zero-order chi connectivity index (χ0) is 19.4. The summed E-state index contributed by atoms with van der Waals surface area (Å²) in [5, 5.41) is 15.5. The van der Waals surface area contributed by atoms with Crippen LogP contribution in [0.25, 0.3) is 5.57 Å². The van der Waals surface area contributed by atoms with Crippen LogP contribution in [0.2, 0.25) is 0 Å². The van der Waals surface area contributed by atoms with E-state index in [1.807, 2.05) is 6.07 Å². The first-order valence-electron chi connectivity index (χ1n) is 8.32. The van der Waals surface area contributed by atoms with E-state index >= 15 is 0 Å². The Hall–Kier alpha value is -3.34. The van der Waals surface area contributed by atoms with Crippen molar-refractivity contribution in [3.63, 3.8) is 0 Å². The van der Waals surface area contributed by atoms with Gasteiger partial charge in [-0.2, -0.15) is 10.4 Å². The lowest BCUT2D eigenvalue weighted by Crippen LogP contribution is -2.30. The van der Waals surface area contributed by atoms with Crippen molar-refractivity contribution in [3.8, 4) is 6.07 Å². The number of nitrogens with one attached hydrogen (secondary N) is 1. The van der Waals surface area contributed by atoms with Gasteiger partial charge in [-0.15, -0.1) is 0 Å². The molecule has 0 unspecified atom stereocenters. The number of anilines is 1. The van der Waals surface area contributed by atoms with Gasteiger partial charge in [0.05, 0.1) is 17.3 Å². The van der Waals surface area contributed by atoms with E-state index in [9.17, 15) is 18.4 Å². The number of carbonyl (C=O) groups is 1. The number of benzene rings is 1. The number of alkyl halides is 2. The van der Waals surface area contributed by atoms with Crippen LogP contribution in [0.3, 0.4) is 0 Å². The molecule has 1 N–H and O–H groups in total. The highest BCUT2D eigenvalue weighted by Gasteiger charge is 2.31. The summed E-state index contributed by atoms with van der Waals surface area (Å²) in [7, 11) is 0. The number of hydrogen-bond donors (Lipinski definition) is 1. The van der Waals surface area contributed by atoms with Crippen LogP contribution in [-0.2, 0) is 11.3 Å². The summed E-state index contributed by atoms with van der Waals surface area (Å²) < 4.78 is 27.5. The maximum absolute atomic E-state index is 13.3. The minimum absolute atomic E-state index is 0.162. The summed E-state index contributed by atoms with van der Waals surface area (Å²) >= 11 is 0. The van der Waals surface area contributed by atoms with Crippen molar-refractivity contribution in [1.29, 1.82) is 5.26 Å². The molecule has 1 heterocycles. The van der Waals surface area contributed by atoms with Crippen molar-refractivity contribution in [1.82, 2.24) is 9.78 Å². The van der Waals surface area contributed by atoms with Crippen LogP contribution in [-0.4, -0.2) is 21.6 Å². The van der Waals surface area contributed by atoms with Crippen LogP contribution in [0.1, 0.15) is 30.5 Å². The highest BCUT2D eigenvalue weighted by atomic mass is 19.3. The average Bonchev–Trinajstić information content (AvgIpc) is 2.64. The molecule has 1 aromatic heterocycles. The molecule has 1 aliphatic rings. The molecule has 0 bridgehead atoms. The Morgan fingerprint density at radius 1 is 1.26 bits per heavy atom. The minimum atomic E-state index is -2.71. The largest absolute Gasteiger partial charge is 0.324 e. The molecule has 0 fully saturated rings. The standard InChI is InChI=1S/C19H16F2N4O2/c20-19(21)9-7-14(8-10-19)16-5-6-18(27)25(24-16)12-17(26)23-15-3-1-13(11-22)2-4-15/h1-7H,8-10,12H2,(H,23,26). The monoisotopic (exact) mass is 370 g/mol. The van der Waals surface area contributed by atoms with E-state index in [2.05, 4.69) is 10.4 Å². The van der Waals surface area contributed by atoms with Crippen molar-refractivity contribution in [3.05, 3.63) is 64.1 Å². The third-order valence-electron chi connectivity index (χ3n) is 4.19. The van der Waals surface area contributed by atoms with E-state index in [1.165, 1.54) is 18.2 Å². The van der Waals surface area contributed by atoms with E-state index in [-0.39, 0.29) is 25.8 Å². The molecule has 0 aliphatic heterocycles. The summed E-state index contributed by atoms with van der Waals surface area (Å²) in [6.45, 7) is -0.309. The minimum Gasteiger partial charge on any atom is -0.324 e. The number of amides is 1. The van der Waals surface area contributed by atoms with Gasteiger partial charge in [0, 0.05) is 24.6 Å². The fraction of sp³-hybridized carbons (Fsp3) is 0.263. The van der Waals surface area contributed by atoms with Crippen LogP contribution < -0.4 is 10.9 Å². The first-order chi connectivity index (χ1) is 12.9.